The molecule has 0 saturated carbocycles. The minimum atomic E-state index is -4.71. The van der Waals surface area contributed by atoms with Gasteiger partial charge in [-0.15, -0.1) is 0 Å². The highest BCUT2D eigenvalue weighted by molar-refractivity contribution is 5.91. The van der Waals surface area contributed by atoms with Crippen LogP contribution in [-0.2, 0) is 11.0 Å². The van der Waals surface area contributed by atoms with Crippen LogP contribution in [0, 0.1) is 10.1 Å². The Morgan fingerprint density at radius 1 is 1.23 bits per heavy atom. The van der Waals surface area contributed by atoms with E-state index >= 15 is 0 Å². The van der Waals surface area contributed by atoms with Gasteiger partial charge in [0.2, 0.25) is 5.91 Å². The zero-order valence-corrected chi connectivity index (χ0v) is 15.5. The largest absolute Gasteiger partial charge is 0.439 e. The number of aromatic nitrogens is 2. The van der Waals surface area contributed by atoms with Crippen LogP contribution in [0.5, 0.6) is 0 Å². The molecule has 0 aliphatic heterocycles. The van der Waals surface area contributed by atoms with Crippen molar-refractivity contribution >= 4 is 23.0 Å². The number of hydrogen-bond donors (Lipinski definition) is 3. The number of nitrogens with zero attached hydrogens (tertiary/aromatic N) is 2. The molecule has 1 aromatic heterocycles. The van der Waals surface area contributed by atoms with E-state index in [1.807, 2.05) is 0 Å². The summed E-state index contributed by atoms with van der Waals surface area (Å²) in [5.41, 5.74) is -1.14. The molecule has 162 valence electrons. The van der Waals surface area contributed by atoms with E-state index in [1.54, 1.807) is 24.3 Å². The van der Waals surface area contributed by atoms with Gasteiger partial charge in [-0.3, -0.25) is 24.4 Å². The Morgan fingerprint density at radius 2 is 2.00 bits per heavy atom. The summed E-state index contributed by atoms with van der Waals surface area (Å²) in [5, 5.41) is 19.8. The van der Waals surface area contributed by atoms with E-state index in [4.69, 9.17) is 0 Å². The Balaban J connectivity index is 1.61. The second-order valence-corrected chi connectivity index (χ2v) is 6.24. The highest BCUT2D eigenvalue weighted by Crippen LogP contribution is 2.34. The lowest BCUT2D eigenvalue weighted by Gasteiger charge is -2.11. The van der Waals surface area contributed by atoms with Crippen molar-refractivity contribution in [3.05, 3.63) is 68.7 Å². The average Bonchev–Trinajstić information content (AvgIpc) is 3.14. The van der Waals surface area contributed by atoms with Gasteiger partial charge in [-0.1, -0.05) is 17.3 Å². The molecule has 3 rings (SSSR count). The maximum atomic E-state index is 12.7. The number of rotatable bonds is 7. The number of nitrogens with one attached hydrogen (secondary N) is 3. The quantitative estimate of drug-likeness (QED) is 0.380. The number of benzene rings is 2. The Labute approximate surface area is 171 Å². The molecule has 0 saturated heterocycles. The van der Waals surface area contributed by atoms with Gasteiger partial charge in [-0.2, -0.15) is 13.2 Å². The number of nitro groups is 1. The van der Waals surface area contributed by atoms with Crippen LogP contribution in [0.15, 0.2) is 51.8 Å². The molecular formula is C18H14F3N5O5. The first-order valence-electron chi connectivity index (χ1n) is 8.69. The number of anilines is 2. The molecule has 0 radical (unpaired) electrons. The third kappa shape index (κ3) is 5.46. The number of nitro benzene ring substituents is 1. The van der Waals surface area contributed by atoms with Crippen molar-refractivity contribution in [2.45, 2.75) is 12.6 Å². The van der Waals surface area contributed by atoms with Crippen LogP contribution in [0.25, 0.3) is 11.4 Å². The van der Waals surface area contributed by atoms with Gasteiger partial charge in [0.15, 0.2) is 5.82 Å². The Bertz CT molecular complexity index is 1170. The molecule has 0 atom stereocenters. The molecule has 0 aliphatic rings. The fourth-order valence-corrected chi connectivity index (χ4v) is 2.64. The molecule has 0 unspecified atom stereocenters. The summed E-state index contributed by atoms with van der Waals surface area (Å²) in [7, 11) is 0. The number of H-pyrrole nitrogens is 1. The SMILES string of the molecule is O=C(CCNc1ccc(C(F)(F)F)cc1[N+](=O)[O-])Nc1cccc(-c2noc(=O)[nH]2)c1. The maximum Gasteiger partial charge on any atom is 0.439 e. The molecule has 1 heterocycles. The topological polar surface area (TPSA) is 143 Å². The highest BCUT2D eigenvalue weighted by Gasteiger charge is 2.33. The van der Waals surface area contributed by atoms with Crippen LogP contribution in [0.4, 0.5) is 30.2 Å². The molecular weight excluding hydrogens is 423 g/mol. The number of hydrogen-bond acceptors (Lipinski definition) is 7. The minimum Gasteiger partial charge on any atom is -0.379 e. The van der Waals surface area contributed by atoms with Gasteiger partial charge in [-0.05, 0) is 24.3 Å². The molecule has 3 N–H and O–H groups in total. The summed E-state index contributed by atoms with van der Waals surface area (Å²) in [5.74, 6) is -1.00. The third-order valence-electron chi connectivity index (χ3n) is 4.05. The van der Waals surface area contributed by atoms with Gasteiger partial charge in [0, 0.05) is 30.3 Å². The molecule has 0 bridgehead atoms. The van der Waals surface area contributed by atoms with Crippen LogP contribution in [0.2, 0.25) is 0 Å². The predicted molar refractivity (Wildman–Crippen MR) is 102 cm³/mol. The van der Waals surface area contributed by atoms with Crippen molar-refractivity contribution < 1.29 is 27.4 Å². The van der Waals surface area contributed by atoms with E-state index in [-0.39, 0.29) is 24.5 Å². The maximum absolute atomic E-state index is 12.7. The summed E-state index contributed by atoms with van der Waals surface area (Å²) >= 11 is 0. The fourth-order valence-electron chi connectivity index (χ4n) is 2.64. The molecule has 0 aliphatic carbocycles. The second kappa shape index (κ2) is 8.69. The molecule has 13 heteroatoms. The molecule has 10 nitrogen and oxygen atoms in total. The van der Waals surface area contributed by atoms with Gasteiger partial charge in [0.05, 0.1) is 10.5 Å². The second-order valence-electron chi connectivity index (χ2n) is 6.24. The van der Waals surface area contributed by atoms with Crippen molar-refractivity contribution in [2.75, 3.05) is 17.2 Å². The summed E-state index contributed by atoms with van der Waals surface area (Å²) in [4.78, 5) is 35.7. The zero-order valence-electron chi connectivity index (χ0n) is 15.5. The van der Waals surface area contributed by atoms with E-state index in [9.17, 15) is 32.9 Å². The lowest BCUT2D eigenvalue weighted by Crippen LogP contribution is -2.17. The van der Waals surface area contributed by atoms with Gasteiger partial charge in [0.1, 0.15) is 5.69 Å². The number of amides is 1. The highest BCUT2D eigenvalue weighted by atomic mass is 19.4. The first-order chi connectivity index (χ1) is 14.6. The van der Waals surface area contributed by atoms with E-state index in [2.05, 4.69) is 25.3 Å². The number of aromatic amines is 1. The van der Waals surface area contributed by atoms with Crippen molar-refractivity contribution in [1.29, 1.82) is 0 Å². The summed E-state index contributed by atoms with van der Waals surface area (Å²) < 4.78 is 42.7. The molecule has 31 heavy (non-hydrogen) atoms. The number of halogens is 3. The standard InChI is InChI=1S/C18H14F3N5O5/c19-18(20,21)11-4-5-13(14(9-11)26(29)30)22-7-6-15(27)23-12-3-1-2-10(8-12)16-24-17(28)31-25-16/h1-5,8-9,22H,6-7H2,(H,23,27)(H,24,25,28). The summed E-state index contributed by atoms with van der Waals surface area (Å²) in [6, 6.07) is 8.47. The van der Waals surface area contributed by atoms with Crippen molar-refractivity contribution in [3.63, 3.8) is 0 Å². The van der Waals surface area contributed by atoms with Gasteiger partial charge in [0.25, 0.3) is 5.69 Å². The van der Waals surface area contributed by atoms with Crippen molar-refractivity contribution in [1.82, 2.24) is 10.1 Å². The summed E-state index contributed by atoms with van der Waals surface area (Å²) in [6.45, 7) is -0.0612. The van der Waals surface area contributed by atoms with Crippen molar-refractivity contribution in [2.24, 2.45) is 0 Å². The molecule has 2 aromatic carbocycles. The lowest BCUT2D eigenvalue weighted by molar-refractivity contribution is -0.384. The minimum absolute atomic E-state index is 0.0612. The van der Waals surface area contributed by atoms with Crippen LogP contribution in [-0.4, -0.2) is 27.5 Å². The smallest absolute Gasteiger partial charge is 0.379 e. The molecule has 0 spiro atoms. The lowest BCUT2D eigenvalue weighted by atomic mass is 10.1. The monoisotopic (exact) mass is 437 g/mol. The van der Waals surface area contributed by atoms with Gasteiger partial charge >= 0.3 is 11.9 Å². The van der Waals surface area contributed by atoms with Crippen molar-refractivity contribution in [3.8, 4) is 11.4 Å². The number of alkyl halides is 3. The number of carbonyl (C=O) groups excluding carboxylic acids is 1. The molecule has 1 amide bonds. The first kappa shape index (κ1) is 21.5. The normalized spacial score (nSPS) is 11.2. The van der Waals surface area contributed by atoms with Gasteiger partial charge in [-0.25, -0.2) is 4.79 Å². The molecule has 0 fully saturated rings. The average molecular weight is 437 g/mol. The third-order valence-corrected chi connectivity index (χ3v) is 4.05. The molecule has 3 aromatic rings. The Morgan fingerprint density at radius 3 is 2.65 bits per heavy atom. The van der Waals surface area contributed by atoms with E-state index < -0.39 is 34.0 Å². The van der Waals surface area contributed by atoms with Crippen LogP contribution in [0.3, 0.4) is 0 Å². The van der Waals surface area contributed by atoms with Crippen LogP contribution in [0.1, 0.15) is 12.0 Å². The zero-order chi connectivity index (χ0) is 22.6. The fraction of sp³-hybridized carbons (Fsp3) is 0.167. The predicted octanol–water partition coefficient (Wildman–Crippen LogP) is 3.40. The Hall–Kier alpha value is -4.16. The Kier molecular flexibility index (Phi) is 6.04. The first-order valence-corrected chi connectivity index (χ1v) is 8.69. The van der Waals surface area contributed by atoms with E-state index in [0.717, 1.165) is 12.1 Å². The summed E-state index contributed by atoms with van der Waals surface area (Å²) in [6.07, 6.45) is -4.83. The van der Waals surface area contributed by atoms with E-state index in [0.29, 0.717) is 17.3 Å². The van der Waals surface area contributed by atoms with E-state index in [1.165, 1.54) is 0 Å². The van der Waals surface area contributed by atoms with Crippen LogP contribution < -0.4 is 16.4 Å². The van der Waals surface area contributed by atoms with Gasteiger partial charge < -0.3 is 10.6 Å². The number of carbonyl (C=O) groups is 1. The van der Waals surface area contributed by atoms with Crippen LogP contribution >= 0.6 is 0 Å².